The molecular formula is C11H14ClNO3S. The van der Waals surface area contributed by atoms with Crippen molar-refractivity contribution in [1.29, 1.82) is 0 Å². The van der Waals surface area contributed by atoms with E-state index < -0.39 is 11.3 Å². The first-order valence-electron chi connectivity index (χ1n) is 5.18. The van der Waals surface area contributed by atoms with Gasteiger partial charge in [0.15, 0.2) is 0 Å². The molecule has 0 bridgehead atoms. The van der Waals surface area contributed by atoms with Gasteiger partial charge in [-0.25, -0.2) is 4.79 Å². The highest BCUT2D eigenvalue weighted by Gasteiger charge is 2.19. The predicted molar refractivity (Wildman–Crippen MR) is 69.0 cm³/mol. The van der Waals surface area contributed by atoms with Gasteiger partial charge in [0, 0.05) is 4.88 Å². The lowest BCUT2D eigenvalue weighted by molar-refractivity contribution is -0.115. The number of carbonyl (C=O) groups is 2. The number of nitrogens with one attached hydrogen (secondary N) is 1. The fraction of sp³-hybridized carbons (Fsp3) is 0.455. The number of ether oxygens (including phenoxy) is 1. The summed E-state index contributed by atoms with van der Waals surface area (Å²) in [4.78, 5) is 24.0. The van der Waals surface area contributed by atoms with Crippen molar-refractivity contribution < 1.29 is 14.3 Å². The van der Waals surface area contributed by atoms with E-state index in [1.54, 1.807) is 19.9 Å². The van der Waals surface area contributed by atoms with Crippen molar-refractivity contribution in [2.75, 3.05) is 11.9 Å². The number of rotatable bonds is 4. The lowest BCUT2D eigenvalue weighted by Gasteiger charge is -2.06. The van der Waals surface area contributed by atoms with E-state index in [2.05, 4.69) is 5.32 Å². The molecule has 94 valence electrons. The van der Waals surface area contributed by atoms with Crippen molar-refractivity contribution in [3.63, 3.8) is 0 Å². The number of aryl methyl sites for hydroxylation is 1. The van der Waals surface area contributed by atoms with E-state index in [1.165, 1.54) is 11.3 Å². The van der Waals surface area contributed by atoms with Crippen LogP contribution in [0.4, 0.5) is 5.00 Å². The Balaban J connectivity index is 2.92. The van der Waals surface area contributed by atoms with E-state index in [0.29, 0.717) is 17.2 Å². The van der Waals surface area contributed by atoms with E-state index in [4.69, 9.17) is 16.3 Å². The molecular weight excluding hydrogens is 262 g/mol. The van der Waals surface area contributed by atoms with Gasteiger partial charge >= 0.3 is 5.97 Å². The van der Waals surface area contributed by atoms with Crippen molar-refractivity contribution >= 4 is 39.8 Å². The Bertz CT molecular complexity index is 428. The zero-order chi connectivity index (χ0) is 13.0. The van der Waals surface area contributed by atoms with Crippen molar-refractivity contribution in [2.24, 2.45) is 0 Å². The Labute approximate surface area is 109 Å². The minimum atomic E-state index is -0.646. The number of halogens is 1. The number of esters is 1. The number of thiophene rings is 1. The number of hydrogen-bond donors (Lipinski definition) is 1. The fourth-order valence-electron chi connectivity index (χ4n) is 1.18. The Hall–Kier alpha value is -1.07. The van der Waals surface area contributed by atoms with Crippen LogP contribution in [0.2, 0.25) is 0 Å². The highest BCUT2D eigenvalue weighted by Crippen LogP contribution is 2.28. The van der Waals surface area contributed by atoms with Gasteiger partial charge < -0.3 is 10.1 Å². The molecule has 0 fully saturated rings. The number of carbonyl (C=O) groups excluding carboxylic acids is 2. The van der Waals surface area contributed by atoms with Crippen LogP contribution in [0.15, 0.2) is 6.07 Å². The number of alkyl halides is 1. The Kier molecular flexibility index (Phi) is 4.96. The van der Waals surface area contributed by atoms with Crippen LogP contribution in [0.3, 0.4) is 0 Å². The second-order valence-electron chi connectivity index (χ2n) is 3.43. The van der Waals surface area contributed by atoms with Crippen LogP contribution in [0, 0.1) is 6.92 Å². The molecule has 1 aromatic rings. The zero-order valence-electron chi connectivity index (χ0n) is 9.87. The summed E-state index contributed by atoms with van der Waals surface area (Å²) >= 11 is 6.98. The van der Waals surface area contributed by atoms with Crippen LogP contribution < -0.4 is 5.32 Å². The maximum atomic E-state index is 11.6. The number of hydrogen-bond acceptors (Lipinski definition) is 4. The number of anilines is 1. The quantitative estimate of drug-likeness (QED) is 0.679. The molecule has 1 amide bonds. The molecule has 0 aliphatic carbocycles. The van der Waals surface area contributed by atoms with Gasteiger partial charge in [-0.2, -0.15) is 0 Å². The fourth-order valence-corrected chi connectivity index (χ4v) is 2.14. The van der Waals surface area contributed by atoms with Gasteiger partial charge in [-0.3, -0.25) is 4.79 Å². The van der Waals surface area contributed by atoms with Crippen LogP contribution >= 0.6 is 22.9 Å². The summed E-state index contributed by atoms with van der Waals surface area (Å²) in [7, 11) is 0. The molecule has 1 heterocycles. The third kappa shape index (κ3) is 3.71. The molecule has 0 aliphatic rings. The largest absolute Gasteiger partial charge is 0.462 e. The summed E-state index contributed by atoms with van der Waals surface area (Å²) < 4.78 is 4.91. The van der Waals surface area contributed by atoms with Gasteiger partial charge in [0.25, 0.3) is 0 Å². The minimum absolute atomic E-state index is 0.299. The van der Waals surface area contributed by atoms with Gasteiger partial charge in [0.05, 0.1) is 12.2 Å². The van der Waals surface area contributed by atoms with Gasteiger partial charge in [-0.15, -0.1) is 22.9 Å². The van der Waals surface area contributed by atoms with Crippen LogP contribution in [-0.2, 0) is 9.53 Å². The Morgan fingerprint density at radius 3 is 2.76 bits per heavy atom. The van der Waals surface area contributed by atoms with Gasteiger partial charge in [-0.1, -0.05) is 0 Å². The normalized spacial score (nSPS) is 12.0. The topological polar surface area (TPSA) is 55.4 Å². The van der Waals surface area contributed by atoms with E-state index in [9.17, 15) is 9.59 Å². The van der Waals surface area contributed by atoms with E-state index in [1.807, 2.05) is 6.92 Å². The number of amides is 1. The molecule has 0 saturated carbocycles. The molecule has 1 N–H and O–H groups in total. The summed E-state index contributed by atoms with van der Waals surface area (Å²) in [6.45, 7) is 5.46. The zero-order valence-corrected chi connectivity index (χ0v) is 11.4. The predicted octanol–water partition coefficient (Wildman–Crippen LogP) is 2.80. The maximum absolute atomic E-state index is 11.6. The standard InChI is InChI=1S/C11H14ClNO3S/c1-4-16-11(15)8-5-6(2)17-10(8)13-9(14)7(3)12/h5,7H,4H2,1-3H3,(H,13,14)/t7-/m1/s1. The van der Waals surface area contributed by atoms with Gasteiger partial charge in [-0.05, 0) is 26.8 Å². The molecule has 1 aromatic heterocycles. The third-order valence-electron chi connectivity index (χ3n) is 1.95. The Morgan fingerprint density at radius 2 is 2.24 bits per heavy atom. The minimum Gasteiger partial charge on any atom is -0.462 e. The molecule has 6 heteroatoms. The van der Waals surface area contributed by atoms with E-state index in [0.717, 1.165) is 4.88 Å². The molecule has 0 aliphatic heterocycles. The molecule has 0 spiro atoms. The molecule has 0 saturated heterocycles. The molecule has 1 atom stereocenters. The average Bonchev–Trinajstić information content (AvgIpc) is 2.59. The highest BCUT2D eigenvalue weighted by atomic mass is 35.5. The van der Waals surface area contributed by atoms with Crippen LogP contribution in [-0.4, -0.2) is 23.9 Å². The van der Waals surface area contributed by atoms with Gasteiger partial charge in [0.1, 0.15) is 10.4 Å². The Morgan fingerprint density at radius 1 is 1.59 bits per heavy atom. The second kappa shape index (κ2) is 6.02. The van der Waals surface area contributed by atoms with Crippen LogP contribution in [0.5, 0.6) is 0 Å². The van der Waals surface area contributed by atoms with E-state index >= 15 is 0 Å². The van der Waals surface area contributed by atoms with Crippen molar-refractivity contribution in [3.8, 4) is 0 Å². The second-order valence-corrected chi connectivity index (χ2v) is 5.34. The van der Waals surface area contributed by atoms with Crippen molar-refractivity contribution in [1.82, 2.24) is 0 Å². The molecule has 0 radical (unpaired) electrons. The molecule has 1 rings (SSSR count). The first-order valence-corrected chi connectivity index (χ1v) is 6.43. The monoisotopic (exact) mass is 275 g/mol. The SMILES string of the molecule is CCOC(=O)c1cc(C)sc1NC(=O)[C@@H](C)Cl. The maximum Gasteiger partial charge on any atom is 0.341 e. The smallest absolute Gasteiger partial charge is 0.341 e. The molecule has 0 aromatic carbocycles. The molecule has 4 nitrogen and oxygen atoms in total. The van der Waals surface area contributed by atoms with Gasteiger partial charge in [0.2, 0.25) is 5.91 Å². The summed E-state index contributed by atoms with van der Waals surface area (Å²) in [6, 6.07) is 1.69. The summed E-state index contributed by atoms with van der Waals surface area (Å²) in [5.74, 6) is -0.770. The third-order valence-corrected chi connectivity index (χ3v) is 3.11. The van der Waals surface area contributed by atoms with E-state index in [-0.39, 0.29) is 5.91 Å². The van der Waals surface area contributed by atoms with Crippen molar-refractivity contribution in [3.05, 3.63) is 16.5 Å². The van der Waals surface area contributed by atoms with Crippen molar-refractivity contribution in [2.45, 2.75) is 26.1 Å². The lowest BCUT2D eigenvalue weighted by atomic mass is 10.3. The highest BCUT2D eigenvalue weighted by molar-refractivity contribution is 7.16. The molecule has 0 unspecified atom stereocenters. The summed E-state index contributed by atoms with van der Waals surface area (Å²) in [6.07, 6.45) is 0. The summed E-state index contributed by atoms with van der Waals surface area (Å²) in [5, 5.41) is 2.46. The molecule has 17 heavy (non-hydrogen) atoms. The lowest BCUT2D eigenvalue weighted by Crippen LogP contribution is -2.21. The first-order chi connectivity index (χ1) is 7.95. The van der Waals surface area contributed by atoms with Crippen LogP contribution in [0.1, 0.15) is 29.1 Å². The first kappa shape index (κ1) is 14.0. The summed E-state index contributed by atoms with van der Waals surface area (Å²) in [5.41, 5.74) is 0.375. The average molecular weight is 276 g/mol. The van der Waals surface area contributed by atoms with Crippen LogP contribution in [0.25, 0.3) is 0 Å².